The molecule has 0 unspecified atom stereocenters. The number of aromatic nitrogens is 2. The number of hydrogen-bond acceptors (Lipinski definition) is 7. The molecule has 1 atom stereocenters. The van der Waals surface area contributed by atoms with Gasteiger partial charge in [0, 0.05) is 17.7 Å². The third kappa shape index (κ3) is 4.03. The number of nitrogens with zero attached hydrogens (tertiary/aromatic N) is 3. The number of ether oxygens (including phenoxy) is 1. The van der Waals surface area contributed by atoms with E-state index in [2.05, 4.69) is 10.1 Å². The molecular formula is C18H14N4O7. The van der Waals surface area contributed by atoms with Crippen LogP contribution in [0.2, 0.25) is 0 Å². The number of rotatable bonds is 6. The lowest BCUT2D eigenvalue weighted by Crippen LogP contribution is -2.32. The van der Waals surface area contributed by atoms with E-state index in [0.29, 0.717) is 10.2 Å². The topological polar surface area (TPSA) is 157 Å². The van der Waals surface area contributed by atoms with E-state index in [0.717, 1.165) is 18.3 Å². The maximum Gasteiger partial charge on any atom is 0.349 e. The van der Waals surface area contributed by atoms with Gasteiger partial charge in [-0.25, -0.2) is 9.59 Å². The molecule has 0 amide bonds. The Hall–Kier alpha value is -4.28. The van der Waals surface area contributed by atoms with E-state index in [1.54, 1.807) is 18.2 Å². The summed E-state index contributed by atoms with van der Waals surface area (Å²) < 4.78 is 5.84. The number of carboxylic acid groups (broad SMARTS) is 1. The van der Waals surface area contributed by atoms with Crippen molar-refractivity contribution in [2.45, 2.75) is 13.0 Å². The summed E-state index contributed by atoms with van der Waals surface area (Å²) >= 11 is 0. The average Bonchev–Trinajstić information content (AvgIpc) is 2.68. The minimum absolute atomic E-state index is 0.0143. The van der Waals surface area contributed by atoms with Gasteiger partial charge in [0.05, 0.1) is 22.0 Å². The molecule has 3 rings (SSSR count). The van der Waals surface area contributed by atoms with Crippen molar-refractivity contribution in [1.29, 1.82) is 0 Å². The number of carbonyl (C=O) groups is 1. The Labute approximate surface area is 161 Å². The maximum atomic E-state index is 12.5. The summed E-state index contributed by atoms with van der Waals surface area (Å²) in [7, 11) is 0. The molecule has 0 spiro atoms. The van der Waals surface area contributed by atoms with Crippen molar-refractivity contribution >= 4 is 28.8 Å². The minimum atomic E-state index is -1.24. The molecule has 11 nitrogen and oxygen atoms in total. The monoisotopic (exact) mass is 398 g/mol. The molecule has 0 aliphatic rings. The Bertz CT molecular complexity index is 1260. The second-order valence-electron chi connectivity index (χ2n) is 5.91. The van der Waals surface area contributed by atoms with E-state index >= 15 is 0 Å². The summed E-state index contributed by atoms with van der Waals surface area (Å²) in [5, 5.41) is 24.1. The normalized spacial score (nSPS) is 12.2. The fourth-order valence-corrected chi connectivity index (χ4v) is 2.48. The first-order chi connectivity index (χ1) is 13.8. The number of nitro benzene ring substituents is 1. The highest BCUT2D eigenvalue weighted by Crippen LogP contribution is 2.24. The first-order valence-corrected chi connectivity index (χ1v) is 8.24. The summed E-state index contributed by atoms with van der Waals surface area (Å²) in [5.41, 5.74) is -1.44. The molecular weight excluding hydrogens is 384 g/mol. The van der Waals surface area contributed by atoms with Gasteiger partial charge in [0.15, 0.2) is 6.10 Å². The quantitative estimate of drug-likeness (QED) is 0.360. The van der Waals surface area contributed by atoms with Crippen molar-refractivity contribution in [3.63, 3.8) is 0 Å². The number of nitrogens with one attached hydrogen (secondary N) is 1. The molecule has 1 heterocycles. The van der Waals surface area contributed by atoms with Gasteiger partial charge in [-0.3, -0.25) is 14.9 Å². The standard InChI is InChI=1S/C18H14N4O7/c1-10(17(24)25)29-15-7-6-12(22(27)28)8-11(15)9-19-21-16(23)13-4-2-3-5-14(13)20-18(21)26/h2-10H,1H3,(H,20,26)(H,24,25)/t10-/m1/s1. The van der Waals surface area contributed by atoms with Crippen LogP contribution in [0, 0.1) is 10.1 Å². The number of carboxylic acids is 1. The van der Waals surface area contributed by atoms with Crippen molar-refractivity contribution in [3.05, 3.63) is 79.0 Å². The highest BCUT2D eigenvalue weighted by atomic mass is 16.6. The second kappa shape index (κ2) is 7.76. The van der Waals surface area contributed by atoms with Gasteiger partial charge < -0.3 is 14.8 Å². The van der Waals surface area contributed by atoms with Crippen LogP contribution in [0.1, 0.15) is 12.5 Å². The summed E-state index contributed by atoms with van der Waals surface area (Å²) in [4.78, 5) is 48.6. The van der Waals surface area contributed by atoms with Gasteiger partial charge in [-0.05, 0) is 25.1 Å². The highest BCUT2D eigenvalue weighted by molar-refractivity contribution is 5.85. The summed E-state index contributed by atoms with van der Waals surface area (Å²) in [6.07, 6.45) is -0.224. The van der Waals surface area contributed by atoms with Crippen LogP contribution in [0.5, 0.6) is 5.75 Å². The SMILES string of the molecule is C[C@@H](Oc1ccc([N+](=O)[O-])cc1C=Nn1c(=O)[nH]c2ccccc2c1=O)C(=O)O. The Balaban J connectivity index is 2.10. The summed E-state index contributed by atoms with van der Waals surface area (Å²) in [6, 6.07) is 9.79. The van der Waals surface area contributed by atoms with Crippen LogP contribution in [0.3, 0.4) is 0 Å². The molecule has 0 bridgehead atoms. The van der Waals surface area contributed by atoms with Crippen LogP contribution in [0.25, 0.3) is 10.9 Å². The zero-order chi connectivity index (χ0) is 21.1. The van der Waals surface area contributed by atoms with Crippen LogP contribution in [0.15, 0.2) is 57.2 Å². The Kier molecular flexibility index (Phi) is 5.21. The molecule has 0 fully saturated rings. The number of aromatic amines is 1. The Morgan fingerprint density at radius 3 is 2.72 bits per heavy atom. The van der Waals surface area contributed by atoms with E-state index in [4.69, 9.17) is 9.84 Å². The molecule has 2 aromatic carbocycles. The van der Waals surface area contributed by atoms with Crippen LogP contribution < -0.4 is 16.0 Å². The number of para-hydroxylation sites is 1. The molecule has 0 saturated heterocycles. The predicted octanol–water partition coefficient (Wildman–Crippen LogP) is 1.33. The average molecular weight is 398 g/mol. The van der Waals surface area contributed by atoms with Crippen LogP contribution >= 0.6 is 0 Å². The summed E-state index contributed by atoms with van der Waals surface area (Å²) in [6.45, 7) is 1.28. The van der Waals surface area contributed by atoms with Crippen molar-refractivity contribution in [2.75, 3.05) is 0 Å². The molecule has 2 N–H and O–H groups in total. The first-order valence-electron chi connectivity index (χ1n) is 8.24. The van der Waals surface area contributed by atoms with Gasteiger partial charge in [-0.15, -0.1) is 4.68 Å². The molecule has 0 aliphatic heterocycles. The van der Waals surface area contributed by atoms with Crippen LogP contribution in [0.4, 0.5) is 5.69 Å². The zero-order valence-electron chi connectivity index (χ0n) is 14.9. The third-order valence-corrected chi connectivity index (χ3v) is 3.95. The number of nitro groups is 1. The molecule has 0 radical (unpaired) electrons. The third-order valence-electron chi connectivity index (χ3n) is 3.95. The number of benzene rings is 2. The van der Waals surface area contributed by atoms with Gasteiger partial charge >= 0.3 is 11.7 Å². The van der Waals surface area contributed by atoms with Gasteiger partial charge in [0.25, 0.3) is 11.2 Å². The molecule has 0 aliphatic carbocycles. The smallest absolute Gasteiger partial charge is 0.349 e. The highest BCUT2D eigenvalue weighted by Gasteiger charge is 2.17. The van der Waals surface area contributed by atoms with Crippen molar-refractivity contribution in [3.8, 4) is 5.75 Å². The Morgan fingerprint density at radius 2 is 2.03 bits per heavy atom. The Morgan fingerprint density at radius 1 is 1.31 bits per heavy atom. The van der Waals surface area contributed by atoms with E-state index in [1.807, 2.05) is 0 Å². The fourth-order valence-electron chi connectivity index (χ4n) is 2.48. The second-order valence-corrected chi connectivity index (χ2v) is 5.91. The van der Waals surface area contributed by atoms with E-state index < -0.39 is 28.2 Å². The molecule has 3 aromatic rings. The first kappa shape index (κ1) is 19.5. The number of aliphatic carboxylic acids is 1. The van der Waals surface area contributed by atoms with Crippen LogP contribution in [-0.4, -0.2) is 38.0 Å². The molecule has 29 heavy (non-hydrogen) atoms. The van der Waals surface area contributed by atoms with Gasteiger partial charge in [0.1, 0.15) is 5.75 Å². The van der Waals surface area contributed by atoms with Crippen molar-refractivity contribution in [1.82, 2.24) is 9.66 Å². The predicted molar refractivity (Wildman–Crippen MR) is 103 cm³/mol. The fraction of sp³-hybridized carbons (Fsp3) is 0.111. The number of fused-ring (bicyclic) bond motifs is 1. The maximum absolute atomic E-state index is 12.5. The summed E-state index contributed by atoms with van der Waals surface area (Å²) in [5.74, 6) is -1.26. The molecule has 1 aromatic heterocycles. The zero-order valence-corrected chi connectivity index (χ0v) is 14.9. The van der Waals surface area contributed by atoms with Crippen molar-refractivity contribution < 1.29 is 19.6 Å². The number of H-pyrrole nitrogens is 1. The molecule has 148 valence electrons. The van der Waals surface area contributed by atoms with Crippen molar-refractivity contribution in [2.24, 2.45) is 5.10 Å². The molecule has 11 heteroatoms. The number of hydrogen-bond donors (Lipinski definition) is 2. The lowest BCUT2D eigenvalue weighted by Gasteiger charge is -2.12. The van der Waals surface area contributed by atoms with E-state index in [1.165, 1.54) is 19.1 Å². The minimum Gasteiger partial charge on any atom is -0.479 e. The molecule has 0 saturated carbocycles. The van der Waals surface area contributed by atoms with Gasteiger partial charge in [0.2, 0.25) is 0 Å². The van der Waals surface area contributed by atoms with E-state index in [-0.39, 0.29) is 22.4 Å². The largest absolute Gasteiger partial charge is 0.479 e. The number of non-ortho nitro benzene ring substituents is 1. The lowest BCUT2D eigenvalue weighted by atomic mass is 10.2. The van der Waals surface area contributed by atoms with Gasteiger partial charge in [-0.1, -0.05) is 12.1 Å². The lowest BCUT2D eigenvalue weighted by molar-refractivity contribution is -0.384. The van der Waals surface area contributed by atoms with Gasteiger partial charge in [-0.2, -0.15) is 5.10 Å². The van der Waals surface area contributed by atoms with E-state index in [9.17, 15) is 24.5 Å². The van der Waals surface area contributed by atoms with Crippen LogP contribution in [-0.2, 0) is 4.79 Å².